The van der Waals surface area contributed by atoms with E-state index in [9.17, 15) is 9.59 Å². The molecule has 3 aliphatic rings. The van der Waals surface area contributed by atoms with Gasteiger partial charge in [0.2, 0.25) is 11.8 Å². The molecule has 1 spiro atoms. The summed E-state index contributed by atoms with van der Waals surface area (Å²) in [5, 5.41) is 0.254. The molecule has 1 aliphatic carbocycles. The second kappa shape index (κ2) is 8.98. The van der Waals surface area contributed by atoms with E-state index in [-0.39, 0.29) is 22.4 Å². The molecule has 2 aromatic rings. The lowest BCUT2D eigenvalue weighted by Crippen LogP contribution is -2.45. The molecule has 0 unspecified atom stereocenters. The summed E-state index contributed by atoms with van der Waals surface area (Å²) in [4.78, 5) is 34.1. The number of pyridine rings is 1. The summed E-state index contributed by atoms with van der Waals surface area (Å²) in [6, 6.07) is 11.8. The molecule has 7 heteroatoms. The number of rotatable bonds is 4. The molecule has 2 amide bonds. The third-order valence-electron chi connectivity index (χ3n) is 7.73. The van der Waals surface area contributed by atoms with E-state index in [0.717, 1.165) is 58.3 Å². The zero-order valence-electron chi connectivity index (χ0n) is 19.1. The number of carbonyl (C=O) groups excluding carboxylic acids is 2. The van der Waals surface area contributed by atoms with Gasteiger partial charge in [0.15, 0.2) is 0 Å². The van der Waals surface area contributed by atoms with Crippen molar-refractivity contribution in [3.8, 4) is 5.88 Å². The lowest BCUT2D eigenvalue weighted by atomic mass is 9.77. The summed E-state index contributed by atoms with van der Waals surface area (Å²) in [5.41, 5.74) is 3.42. The Kier molecular flexibility index (Phi) is 6.04. The predicted octanol–water partition coefficient (Wildman–Crippen LogP) is 4.00. The Morgan fingerprint density at radius 3 is 2.33 bits per heavy atom. The third-order valence-corrected chi connectivity index (χ3v) is 7.92. The number of nitrogens with zero attached hydrogens (tertiary/aromatic N) is 3. The van der Waals surface area contributed by atoms with Gasteiger partial charge in [-0.2, -0.15) is 0 Å². The number of likely N-dealkylation sites (tertiary alicyclic amines) is 2. The van der Waals surface area contributed by atoms with Gasteiger partial charge in [-0.15, -0.1) is 0 Å². The maximum atomic E-state index is 13.1. The number of hydrogen-bond donors (Lipinski definition) is 0. The van der Waals surface area contributed by atoms with Crippen molar-refractivity contribution in [2.45, 2.75) is 38.5 Å². The van der Waals surface area contributed by atoms with Crippen molar-refractivity contribution >= 4 is 23.4 Å². The fourth-order valence-electron chi connectivity index (χ4n) is 5.80. The Labute approximate surface area is 199 Å². The van der Waals surface area contributed by atoms with Crippen LogP contribution in [0, 0.1) is 11.3 Å². The quantitative estimate of drug-likeness (QED) is 0.637. The lowest BCUT2D eigenvalue weighted by Gasteiger charge is -2.39. The average Bonchev–Trinajstić information content (AvgIpc) is 3.42. The van der Waals surface area contributed by atoms with Gasteiger partial charge in [-0.1, -0.05) is 35.9 Å². The molecule has 3 heterocycles. The first-order chi connectivity index (χ1) is 15.9. The SMILES string of the molecule is COc1cc(C(=O)N2CCC3(CCN(C(=O)CC4Cc5ccccc5C4)CC3)C2)cc(Cl)n1. The Morgan fingerprint density at radius 2 is 1.70 bits per heavy atom. The summed E-state index contributed by atoms with van der Waals surface area (Å²) in [6.07, 6.45) is 5.55. The van der Waals surface area contributed by atoms with Crippen LogP contribution in [0.5, 0.6) is 5.88 Å². The molecular weight excluding hydrogens is 438 g/mol. The zero-order chi connectivity index (χ0) is 23.0. The number of aromatic nitrogens is 1. The van der Waals surface area contributed by atoms with Crippen LogP contribution in [-0.4, -0.2) is 59.9 Å². The number of fused-ring (bicyclic) bond motifs is 1. The van der Waals surface area contributed by atoms with E-state index in [1.54, 1.807) is 12.1 Å². The van der Waals surface area contributed by atoms with E-state index < -0.39 is 0 Å². The van der Waals surface area contributed by atoms with Crippen molar-refractivity contribution in [1.29, 1.82) is 0 Å². The standard InChI is InChI=1S/C26H30ClN3O3/c1-33-23-16-21(15-22(27)28-23)25(32)30-11-8-26(17-30)6-9-29(10-7-26)24(31)14-18-12-19-4-2-3-5-20(19)13-18/h2-5,15-16,18H,6-14,17H2,1H3. The van der Waals surface area contributed by atoms with Crippen LogP contribution in [-0.2, 0) is 17.6 Å². The molecule has 0 atom stereocenters. The van der Waals surface area contributed by atoms with E-state index in [1.165, 1.54) is 18.2 Å². The summed E-state index contributed by atoms with van der Waals surface area (Å²) in [6.45, 7) is 3.04. The number of hydrogen-bond acceptors (Lipinski definition) is 4. The van der Waals surface area contributed by atoms with Gasteiger partial charge in [0.05, 0.1) is 7.11 Å². The maximum Gasteiger partial charge on any atom is 0.254 e. The van der Waals surface area contributed by atoms with Crippen LogP contribution in [0.1, 0.15) is 47.2 Å². The largest absolute Gasteiger partial charge is 0.481 e. The number of benzene rings is 1. The predicted molar refractivity (Wildman–Crippen MR) is 127 cm³/mol. The molecule has 33 heavy (non-hydrogen) atoms. The number of carbonyl (C=O) groups is 2. The molecule has 1 aromatic carbocycles. The minimum atomic E-state index is -0.0335. The third kappa shape index (κ3) is 4.58. The smallest absolute Gasteiger partial charge is 0.254 e. The van der Waals surface area contributed by atoms with Crippen LogP contribution >= 0.6 is 11.6 Å². The number of piperidine rings is 1. The van der Waals surface area contributed by atoms with Gasteiger partial charge >= 0.3 is 0 Å². The van der Waals surface area contributed by atoms with Gasteiger partial charge in [-0.25, -0.2) is 4.98 Å². The van der Waals surface area contributed by atoms with Crippen molar-refractivity contribution < 1.29 is 14.3 Å². The van der Waals surface area contributed by atoms with Crippen LogP contribution in [0.3, 0.4) is 0 Å². The fourth-order valence-corrected chi connectivity index (χ4v) is 6.00. The van der Waals surface area contributed by atoms with Crippen molar-refractivity contribution in [3.63, 3.8) is 0 Å². The van der Waals surface area contributed by atoms with Gasteiger partial charge in [0.25, 0.3) is 5.91 Å². The highest BCUT2D eigenvalue weighted by molar-refractivity contribution is 6.29. The Morgan fingerprint density at radius 1 is 1.06 bits per heavy atom. The van der Waals surface area contributed by atoms with Gasteiger partial charge in [-0.3, -0.25) is 9.59 Å². The van der Waals surface area contributed by atoms with Crippen LogP contribution in [0.15, 0.2) is 36.4 Å². The zero-order valence-corrected chi connectivity index (χ0v) is 19.8. The van der Waals surface area contributed by atoms with E-state index in [2.05, 4.69) is 29.2 Å². The normalized spacial score (nSPS) is 19.7. The highest BCUT2D eigenvalue weighted by Gasteiger charge is 2.43. The van der Waals surface area contributed by atoms with Crippen molar-refractivity contribution in [1.82, 2.24) is 14.8 Å². The first-order valence-electron chi connectivity index (χ1n) is 11.8. The maximum absolute atomic E-state index is 13.1. The second-order valence-electron chi connectivity index (χ2n) is 9.83. The van der Waals surface area contributed by atoms with Crippen LogP contribution in [0.25, 0.3) is 0 Å². The van der Waals surface area contributed by atoms with Crippen LogP contribution in [0.2, 0.25) is 5.15 Å². The van der Waals surface area contributed by atoms with E-state index in [1.807, 2.05) is 9.80 Å². The van der Waals surface area contributed by atoms with Gasteiger partial charge in [0.1, 0.15) is 5.15 Å². The van der Waals surface area contributed by atoms with E-state index in [4.69, 9.17) is 16.3 Å². The molecule has 0 radical (unpaired) electrons. The molecule has 2 aliphatic heterocycles. The highest BCUT2D eigenvalue weighted by atomic mass is 35.5. The fraction of sp³-hybridized carbons (Fsp3) is 0.500. The van der Waals surface area contributed by atoms with E-state index >= 15 is 0 Å². The van der Waals surface area contributed by atoms with Crippen molar-refractivity contribution in [3.05, 3.63) is 58.2 Å². The number of methoxy groups -OCH3 is 1. The first-order valence-corrected chi connectivity index (χ1v) is 12.2. The van der Waals surface area contributed by atoms with Gasteiger partial charge in [-0.05, 0) is 60.6 Å². The number of ether oxygens (including phenoxy) is 1. The molecule has 5 rings (SSSR count). The summed E-state index contributed by atoms with van der Waals surface area (Å²) < 4.78 is 5.15. The average molecular weight is 468 g/mol. The van der Waals surface area contributed by atoms with Gasteiger partial charge < -0.3 is 14.5 Å². The summed E-state index contributed by atoms with van der Waals surface area (Å²) in [5.74, 6) is 1.02. The molecule has 2 saturated heterocycles. The number of amides is 2. The Hall–Kier alpha value is -2.60. The van der Waals surface area contributed by atoms with Crippen molar-refractivity contribution in [2.75, 3.05) is 33.3 Å². The summed E-state index contributed by atoms with van der Waals surface area (Å²) in [7, 11) is 1.51. The number of halogens is 1. The second-order valence-corrected chi connectivity index (χ2v) is 10.2. The molecule has 0 saturated carbocycles. The van der Waals surface area contributed by atoms with E-state index in [0.29, 0.717) is 23.8 Å². The monoisotopic (exact) mass is 467 g/mol. The topological polar surface area (TPSA) is 62.7 Å². The minimum absolute atomic E-state index is 0.0335. The van der Waals surface area contributed by atoms with Crippen LogP contribution < -0.4 is 4.74 Å². The van der Waals surface area contributed by atoms with Crippen molar-refractivity contribution in [2.24, 2.45) is 11.3 Å². The lowest BCUT2D eigenvalue weighted by molar-refractivity contribution is -0.134. The molecule has 1 aromatic heterocycles. The molecule has 0 bridgehead atoms. The molecule has 2 fully saturated rings. The molecule has 6 nitrogen and oxygen atoms in total. The minimum Gasteiger partial charge on any atom is -0.481 e. The molecular formula is C26H30ClN3O3. The van der Waals surface area contributed by atoms with Crippen LogP contribution in [0.4, 0.5) is 0 Å². The van der Waals surface area contributed by atoms with Gasteiger partial charge in [0, 0.05) is 44.2 Å². The first kappa shape index (κ1) is 22.2. The molecule has 174 valence electrons. The Bertz CT molecular complexity index is 1040. The molecule has 0 N–H and O–H groups in total. The highest BCUT2D eigenvalue weighted by Crippen LogP contribution is 2.41. The summed E-state index contributed by atoms with van der Waals surface area (Å²) >= 11 is 6.06. The Balaban J connectivity index is 1.15.